The lowest BCUT2D eigenvalue weighted by molar-refractivity contribution is 0.617. The maximum atomic E-state index is 13.9. The molecule has 2 nitrogen and oxygen atoms in total. The summed E-state index contributed by atoms with van der Waals surface area (Å²) in [6, 6.07) is 10.6. The molecule has 5 heteroatoms. The van der Waals surface area contributed by atoms with Gasteiger partial charge in [0.15, 0.2) is 0 Å². The van der Waals surface area contributed by atoms with E-state index in [-0.39, 0.29) is 5.82 Å². The zero-order chi connectivity index (χ0) is 15.0. The number of hydrogen-bond donors (Lipinski definition) is 0. The van der Waals surface area contributed by atoms with Gasteiger partial charge < -0.3 is 0 Å². The molecule has 0 saturated carbocycles. The van der Waals surface area contributed by atoms with E-state index in [1.807, 2.05) is 22.8 Å². The summed E-state index contributed by atoms with van der Waals surface area (Å²) in [5, 5.41) is 0.619. The van der Waals surface area contributed by atoms with Crippen molar-refractivity contribution in [3.63, 3.8) is 0 Å². The van der Waals surface area contributed by atoms with Crippen molar-refractivity contribution in [2.45, 2.75) is 13.3 Å². The smallest absolute Gasteiger partial charge is 0.128 e. The third kappa shape index (κ3) is 2.63. The first-order valence-corrected chi connectivity index (χ1v) is 7.51. The molecule has 0 aliphatic rings. The van der Waals surface area contributed by atoms with Crippen molar-refractivity contribution in [1.29, 1.82) is 0 Å². The minimum Gasteiger partial charge on any atom is -0.296 e. The van der Waals surface area contributed by atoms with Gasteiger partial charge in [-0.3, -0.25) is 4.57 Å². The molecular formula is C16H13Cl2FN2. The van der Waals surface area contributed by atoms with Crippen molar-refractivity contribution in [2.24, 2.45) is 0 Å². The van der Waals surface area contributed by atoms with Crippen molar-refractivity contribution in [1.82, 2.24) is 9.55 Å². The predicted molar refractivity (Wildman–Crippen MR) is 85.2 cm³/mol. The van der Waals surface area contributed by atoms with Gasteiger partial charge in [0, 0.05) is 17.3 Å². The van der Waals surface area contributed by atoms with Crippen molar-refractivity contribution in [2.75, 3.05) is 5.88 Å². The fraction of sp³-hybridized carbons (Fsp3) is 0.188. The molecule has 3 aromatic rings. The van der Waals surface area contributed by atoms with E-state index in [0.717, 1.165) is 22.5 Å². The van der Waals surface area contributed by atoms with Crippen molar-refractivity contribution in [3.8, 4) is 5.69 Å². The highest BCUT2D eigenvalue weighted by atomic mass is 35.5. The molecule has 2 aromatic carbocycles. The summed E-state index contributed by atoms with van der Waals surface area (Å²) in [6.07, 6.45) is 0.601. The average molecular weight is 323 g/mol. The quantitative estimate of drug-likeness (QED) is 0.626. The van der Waals surface area contributed by atoms with Gasteiger partial charge in [-0.1, -0.05) is 17.7 Å². The number of alkyl halides is 1. The highest BCUT2D eigenvalue weighted by Gasteiger charge is 2.13. The standard InChI is InChI=1S/C16H13Cl2FN2/c1-10-2-4-12(9-13(10)19)21-15-8-11(18)3-5-14(15)20-16(21)6-7-17/h2-5,8-9H,6-7H2,1H3. The number of fused-ring (bicyclic) bond motifs is 1. The predicted octanol–water partition coefficient (Wildman–Crippen LogP) is 4.91. The highest BCUT2D eigenvalue weighted by Crippen LogP contribution is 2.26. The molecule has 3 rings (SSSR count). The van der Waals surface area contributed by atoms with Crippen LogP contribution in [-0.4, -0.2) is 15.4 Å². The Morgan fingerprint density at radius 3 is 2.71 bits per heavy atom. The first-order valence-electron chi connectivity index (χ1n) is 6.59. The molecule has 1 aromatic heterocycles. The van der Waals surface area contributed by atoms with E-state index >= 15 is 0 Å². The van der Waals surface area contributed by atoms with E-state index < -0.39 is 0 Å². The summed E-state index contributed by atoms with van der Waals surface area (Å²) in [5.74, 6) is 1.00. The molecule has 0 bridgehead atoms. The van der Waals surface area contributed by atoms with E-state index in [4.69, 9.17) is 23.2 Å². The summed E-state index contributed by atoms with van der Waals surface area (Å²) < 4.78 is 15.8. The number of benzene rings is 2. The fourth-order valence-corrected chi connectivity index (χ4v) is 2.69. The van der Waals surface area contributed by atoms with Crippen molar-refractivity contribution < 1.29 is 4.39 Å². The Hall–Kier alpha value is -1.58. The van der Waals surface area contributed by atoms with Crippen LogP contribution in [0.4, 0.5) is 4.39 Å². The zero-order valence-electron chi connectivity index (χ0n) is 11.4. The second-order valence-electron chi connectivity index (χ2n) is 4.87. The molecule has 0 aliphatic carbocycles. The van der Waals surface area contributed by atoms with Crippen molar-refractivity contribution >= 4 is 34.2 Å². The third-order valence-corrected chi connectivity index (χ3v) is 3.84. The lowest BCUT2D eigenvalue weighted by Crippen LogP contribution is -2.03. The SMILES string of the molecule is Cc1ccc(-n2c(CCCl)nc3ccc(Cl)cc32)cc1F. The first kappa shape index (κ1) is 14.4. The molecule has 21 heavy (non-hydrogen) atoms. The van der Waals surface area contributed by atoms with Crippen molar-refractivity contribution in [3.05, 3.63) is 58.6 Å². The zero-order valence-corrected chi connectivity index (χ0v) is 12.9. The van der Waals surface area contributed by atoms with Crippen LogP contribution < -0.4 is 0 Å². The lowest BCUT2D eigenvalue weighted by Gasteiger charge is -2.10. The van der Waals surface area contributed by atoms with E-state index in [2.05, 4.69) is 4.98 Å². The number of aromatic nitrogens is 2. The molecule has 0 aliphatic heterocycles. The van der Waals surface area contributed by atoms with Crippen LogP contribution in [0.2, 0.25) is 5.02 Å². The molecule has 0 N–H and O–H groups in total. The average Bonchev–Trinajstić information content (AvgIpc) is 2.80. The minimum atomic E-state index is -0.242. The molecule has 1 heterocycles. The Bertz CT molecular complexity index is 811. The summed E-state index contributed by atoms with van der Waals surface area (Å²) >= 11 is 11.9. The lowest BCUT2D eigenvalue weighted by atomic mass is 10.2. The van der Waals surface area contributed by atoms with Gasteiger partial charge in [0.05, 0.1) is 16.7 Å². The summed E-state index contributed by atoms with van der Waals surface area (Å²) in [6.45, 7) is 1.74. The normalized spacial score (nSPS) is 11.2. The van der Waals surface area contributed by atoms with E-state index in [1.165, 1.54) is 6.07 Å². The molecule has 0 atom stereocenters. The van der Waals surface area contributed by atoms with Crippen LogP contribution >= 0.6 is 23.2 Å². The van der Waals surface area contributed by atoms with Gasteiger partial charge in [0.2, 0.25) is 0 Å². The Morgan fingerprint density at radius 2 is 2.00 bits per heavy atom. The van der Waals surface area contributed by atoms with Crippen LogP contribution in [0.3, 0.4) is 0 Å². The maximum Gasteiger partial charge on any atom is 0.128 e. The van der Waals surface area contributed by atoms with Gasteiger partial charge in [-0.2, -0.15) is 0 Å². The van der Waals surface area contributed by atoms with Gasteiger partial charge in [0.1, 0.15) is 11.6 Å². The second kappa shape index (κ2) is 5.66. The van der Waals surface area contributed by atoms with Gasteiger partial charge in [-0.05, 0) is 42.8 Å². The molecule has 108 valence electrons. The van der Waals surface area contributed by atoms with Crippen LogP contribution in [-0.2, 0) is 6.42 Å². The van der Waals surface area contributed by atoms with Gasteiger partial charge >= 0.3 is 0 Å². The van der Waals surface area contributed by atoms with Crippen LogP contribution in [0.5, 0.6) is 0 Å². The number of halogens is 3. The third-order valence-electron chi connectivity index (χ3n) is 3.42. The molecule has 0 fully saturated rings. The van der Waals surface area contributed by atoms with Crippen LogP contribution in [0.1, 0.15) is 11.4 Å². The summed E-state index contributed by atoms with van der Waals surface area (Å²) in [4.78, 5) is 4.57. The summed E-state index contributed by atoms with van der Waals surface area (Å²) in [5.41, 5.74) is 3.01. The molecule has 0 unspecified atom stereocenters. The highest BCUT2D eigenvalue weighted by molar-refractivity contribution is 6.31. The Balaban J connectivity index is 2.29. The van der Waals surface area contributed by atoms with E-state index in [1.54, 1.807) is 19.1 Å². The second-order valence-corrected chi connectivity index (χ2v) is 5.68. The van der Waals surface area contributed by atoms with Gasteiger partial charge in [-0.15, -0.1) is 11.6 Å². The van der Waals surface area contributed by atoms with Crippen LogP contribution in [0.15, 0.2) is 36.4 Å². The molecule has 0 saturated heterocycles. The van der Waals surface area contributed by atoms with Crippen LogP contribution in [0, 0.1) is 12.7 Å². The Kier molecular flexibility index (Phi) is 3.87. The largest absolute Gasteiger partial charge is 0.296 e. The topological polar surface area (TPSA) is 17.8 Å². The number of imidazole rings is 1. The fourth-order valence-electron chi connectivity index (χ4n) is 2.36. The molecule has 0 spiro atoms. The number of hydrogen-bond acceptors (Lipinski definition) is 1. The Morgan fingerprint density at radius 1 is 1.19 bits per heavy atom. The number of rotatable bonds is 3. The first-order chi connectivity index (χ1) is 10.1. The molecule has 0 radical (unpaired) electrons. The number of aryl methyl sites for hydroxylation is 2. The molecular weight excluding hydrogens is 310 g/mol. The van der Waals surface area contributed by atoms with E-state index in [0.29, 0.717) is 22.9 Å². The Labute approximate surface area is 132 Å². The monoisotopic (exact) mass is 322 g/mol. The summed E-state index contributed by atoms with van der Waals surface area (Å²) in [7, 11) is 0. The van der Waals surface area contributed by atoms with Gasteiger partial charge in [0.25, 0.3) is 0 Å². The maximum absolute atomic E-state index is 13.9. The van der Waals surface area contributed by atoms with Gasteiger partial charge in [-0.25, -0.2) is 9.37 Å². The van der Waals surface area contributed by atoms with Crippen LogP contribution in [0.25, 0.3) is 16.7 Å². The molecule has 0 amide bonds. The minimum absolute atomic E-state index is 0.242. The number of nitrogens with zero attached hydrogens (tertiary/aromatic N) is 2. The van der Waals surface area contributed by atoms with E-state index in [9.17, 15) is 4.39 Å².